The Bertz CT molecular complexity index is 1310. The lowest BCUT2D eigenvalue weighted by Crippen LogP contribution is -2.27. The average Bonchev–Trinajstić information content (AvgIpc) is 3.08. The molecule has 1 N–H and O–H groups in total. The van der Waals surface area contributed by atoms with E-state index in [4.69, 9.17) is 28.6 Å². The molecule has 3 aromatic carbocycles. The zero-order valence-electron chi connectivity index (χ0n) is 18.5. The number of ether oxygens (including phenoxy) is 1. The molecular formula is C26H21ClN2O3S2. The molecule has 0 radical (unpaired) electrons. The van der Waals surface area contributed by atoms with E-state index >= 15 is 0 Å². The first kappa shape index (κ1) is 24.0. The number of carbonyl (C=O) groups excluding carboxylic acids is 2. The second kappa shape index (κ2) is 10.4. The summed E-state index contributed by atoms with van der Waals surface area (Å²) in [4.78, 5) is 27.3. The summed E-state index contributed by atoms with van der Waals surface area (Å²) in [6, 6.07) is 20.0. The number of anilines is 2. The molecule has 0 spiro atoms. The molecule has 5 nitrogen and oxygen atoms in total. The number of carbonyl (C=O) groups is 2. The fraction of sp³-hybridized carbons (Fsp3) is 0.115. The van der Waals surface area contributed by atoms with Gasteiger partial charge in [-0.3, -0.25) is 14.5 Å². The van der Waals surface area contributed by atoms with E-state index < -0.39 is 0 Å². The Morgan fingerprint density at radius 2 is 1.88 bits per heavy atom. The molecule has 1 fully saturated rings. The van der Waals surface area contributed by atoms with Gasteiger partial charge in [-0.2, -0.15) is 0 Å². The van der Waals surface area contributed by atoms with Crippen LogP contribution in [0.1, 0.15) is 16.7 Å². The number of hydrogen-bond acceptors (Lipinski definition) is 5. The van der Waals surface area contributed by atoms with Crippen molar-refractivity contribution in [3.8, 4) is 5.75 Å². The van der Waals surface area contributed by atoms with Gasteiger partial charge in [0.1, 0.15) is 5.75 Å². The Morgan fingerprint density at radius 1 is 1.12 bits per heavy atom. The molecule has 8 heteroatoms. The number of thioether (sulfide) groups is 1. The Morgan fingerprint density at radius 3 is 2.65 bits per heavy atom. The van der Waals surface area contributed by atoms with Crippen LogP contribution in [0, 0.1) is 13.8 Å². The zero-order valence-corrected chi connectivity index (χ0v) is 20.9. The van der Waals surface area contributed by atoms with Crippen molar-refractivity contribution in [2.45, 2.75) is 13.8 Å². The van der Waals surface area contributed by atoms with Gasteiger partial charge in [0, 0.05) is 10.7 Å². The van der Waals surface area contributed by atoms with Crippen LogP contribution in [0.5, 0.6) is 5.75 Å². The fourth-order valence-electron chi connectivity index (χ4n) is 3.33. The summed E-state index contributed by atoms with van der Waals surface area (Å²) in [5.41, 5.74) is 4.25. The maximum absolute atomic E-state index is 13.0. The minimum Gasteiger partial charge on any atom is -0.484 e. The predicted molar refractivity (Wildman–Crippen MR) is 144 cm³/mol. The first-order chi connectivity index (χ1) is 16.3. The molecule has 0 bridgehead atoms. The number of nitrogens with zero attached hydrogens (tertiary/aromatic N) is 1. The van der Waals surface area contributed by atoms with Crippen LogP contribution in [-0.2, 0) is 9.59 Å². The van der Waals surface area contributed by atoms with Crippen LogP contribution in [0.3, 0.4) is 0 Å². The van der Waals surface area contributed by atoms with Crippen molar-refractivity contribution in [1.29, 1.82) is 0 Å². The number of aryl methyl sites for hydroxylation is 2. The van der Waals surface area contributed by atoms with E-state index in [1.165, 1.54) is 16.7 Å². The molecular weight excluding hydrogens is 488 g/mol. The molecule has 0 unspecified atom stereocenters. The highest BCUT2D eigenvalue weighted by Crippen LogP contribution is 2.36. The van der Waals surface area contributed by atoms with Gasteiger partial charge in [-0.25, -0.2) is 0 Å². The molecule has 2 amide bonds. The number of thiocarbonyl (C=S) groups is 1. The maximum atomic E-state index is 13.0. The van der Waals surface area contributed by atoms with E-state index in [0.29, 0.717) is 25.7 Å². The van der Waals surface area contributed by atoms with Crippen molar-refractivity contribution >= 4 is 69.2 Å². The Labute approximate surface area is 212 Å². The van der Waals surface area contributed by atoms with Crippen LogP contribution >= 0.6 is 35.6 Å². The maximum Gasteiger partial charge on any atom is 0.270 e. The van der Waals surface area contributed by atoms with E-state index in [2.05, 4.69) is 5.32 Å². The number of halogens is 1. The van der Waals surface area contributed by atoms with Gasteiger partial charge in [-0.05, 0) is 79.1 Å². The van der Waals surface area contributed by atoms with Crippen molar-refractivity contribution in [2.75, 3.05) is 16.8 Å². The molecule has 4 rings (SSSR count). The summed E-state index contributed by atoms with van der Waals surface area (Å²) in [5.74, 6) is 0.0810. The topological polar surface area (TPSA) is 58.6 Å². The summed E-state index contributed by atoms with van der Waals surface area (Å²) >= 11 is 12.6. The zero-order chi connectivity index (χ0) is 24.2. The lowest BCUT2D eigenvalue weighted by Gasteiger charge is -2.14. The Hall–Kier alpha value is -3.13. The van der Waals surface area contributed by atoms with E-state index in [-0.39, 0.29) is 18.4 Å². The van der Waals surface area contributed by atoms with Crippen molar-refractivity contribution in [1.82, 2.24) is 0 Å². The number of nitrogens with one attached hydrogen (secondary N) is 1. The van der Waals surface area contributed by atoms with Crippen LogP contribution in [0.25, 0.3) is 6.08 Å². The van der Waals surface area contributed by atoms with Gasteiger partial charge < -0.3 is 10.1 Å². The lowest BCUT2D eigenvalue weighted by molar-refractivity contribution is -0.118. The van der Waals surface area contributed by atoms with Gasteiger partial charge in [-0.1, -0.05) is 59.8 Å². The van der Waals surface area contributed by atoms with Gasteiger partial charge in [0.15, 0.2) is 10.9 Å². The molecule has 0 aliphatic carbocycles. The third kappa shape index (κ3) is 5.67. The smallest absolute Gasteiger partial charge is 0.270 e. The minimum absolute atomic E-state index is 0.129. The molecule has 172 valence electrons. The van der Waals surface area contributed by atoms with Crippen LogP contribution in [-0.4, -0.2) is 22.7 Å². The van der Waals surface area contributed by atoms with Crippen LogP contribution in [0.15, 0.2) is 71.6 Å². The first-order valence-corrected chi connectivity index (χ1v) is 12.0. The van der Waals surface area contributed by atoms with E-state index in [1.54, 1.807) is 42.5 Å². The fourth-order valence-corrected chi connectivity index (χ4v) is 4.76. The van der Waals surface area contributed by atoms with Gasteiger partial charge >= 0.3 is 0 Å². The quantitative estimate of drug-likeness (QED) is 0.309. The molecule has 0 atom stereocenters. The van der Waals surface area contributed by atoms with E-state index in [0.717, 1.165) is 22.4 Å². The second-order valence-corrected chi connectivity index (χ2v) is 9.83. The number of hydrogen-bond donors (Lipinski definition) is 1. The van der Waals surface area contributed by atoms with Gasteiger partial charge in [0.05, 0.1) is 10.6 Å². The minimum atomic E-state index is -0.247. The summed E-state index contributed by atoms with van der Waals surface area (Å²) in [5, 5.41) is 3.46. The average molecular weight is 509 g/mol. The molecule has 1 heterocycles. The molecule has 3 aromatic rings. The third-order valence-corrected chi connectivity index (χ3v) is 6.63. The predicted octanol–water partition coefficient (Wildman–Crippen LogP) is 6.38. The number of amides is 2. The molecule has 34 heavy (non-hydrogen) atoms. The summed E-state index contributed by atoms with van der Waals surface area (Å²) in [7, 11) is 0. The lowest BCUT2D eigenvalue weighted by atomic mass is 10.1. The molecule has 1 aliphatic rings. The monoisotopic (exact) mass is 508 g/mol. The van der Waals surface area contributed by atoms with Crippen LogP contribution < -0.4 is 15.0 Å². The summed E-state index contributed by atoms with van der Waals surface area (Å²) < 4.78 is 6.14. The summed E-state index contributed by atoms with van der Waals surface area (Å²) in [6.07, 6.45) is 1.76. The molecule has 0 saturated carbocycles. The largest absolute Gasteiger partial charge is 0.484 e. The number of rotatable bonds is 6. The van der Waals surface area contributed by atoms with Crippen molar-refractivity contribution in [3.63, 3.8) is 0 Å². The highest BCUT2D eigenvalue weighted by Gasteiger charge is 2.33. The van der Waals surface area contributed by atoms with Crippen LogP contribution in [0.4, 0.5) is 11.4 Å². The first-order valence-electron chi connectivity index (χ1n) is 10.4. The molecule has 1 aliphatic heterocycles. The Kier molecular flexibility index (Phi) is 7.36. The van der Waals surface area contributed by atoms with E-state index in [9.17, 15) is 9.59 Å². The second-order valence-electron chi connectivity index (χ2n) is 7.72. The van der Waals surface area contributed by atoms with Gasteiger partial charge in [0.2, 0.25) is 0 Å². The molecule has 0 aromatic heterocycles. The van der Waals surface area contributed by atoms with Crippen LogP contribution in [0.2, 0.25) is 5.02 Å². The van der Waals surface area contributed by atoms with Crippen molar-refractivity contribution in [3.05, 3.63) is 93.3 Å². The number of benzene rings is 3. The van der Waals surface area contributed by atoms with E-state index in [1.807, 2.05) is 44.2 Å². The standard InChI is InChI=1S/C26H21ClN2O3S2/c1-16-6-7-17(2)22(12-16)28-24(30)15-32-21-5-3-4-18(13-21)14-23-25(31)29(26(33)34-23)20-10-8-19(27)9-11-20/h3-14H,15H2,1-2H3,(H,28,30)/b23-14-. The molecule has 1 saturated heterocycles. The van der Waals surface area contributed by atoms with Gasteiger partial charge in [-0.15, -0.1) is 0 Å². The highest BCUT2D eigenvalue weighted by molar-refractivity contribution is 8.27. The highest BCUT2D eigenvalue weighted by atomic mass is 35.5. The van der Waals surface area contributed by atoms with Crippen molar-refractivity contribution < 1.29 is 14.3 Å². The van der Waals surface area contributed by atoms with Crippen molar-refractivity contribution in [2.24, 2.45) is 0 Å². The van der Waals surface area contributed by atoms with Gasteiger partial charge in [0.25, 0.3) is 11.8 Å². The Balaban J connectivity index is 1.42. The summed E-state index contributed by atoms with van der Waals surface area (Å²) in [6.45, 7) is 3.78. The third-order valence-electron chi connectivity index (χ3n) is 5.07. The normalized spacial score (nSPS) is 14.6. The SMILES string of the molecule is Cc1ccc(C)c(NC(=O)COc2cccc(/C=C3\SC(=S)N(c4ccc(Cl)cc4)C3=O)c2)c1.